The molecule has 0 spiro atoms. The van der Waals surface area contributed by atoms with E-state index in [0.717, 1.165) is 28.7 Å². The second kappa shape index (κ2) is 9.98. The summed E-state index contributed by atoms with van der Waals surface area (Å²) in [7, 11) is 0. The Hall–Kier alpha value is -3.48. The number of fused-ring (bicyclic) bond motifs is 3. The average molecular weight is 450 g/mol. The third-order valence-electron chi connectivity index (χ3n) is 5.59. The van der Waals surface area contributed by atoms with E-state index in [1.165, 1.54) is 0 Å². The first-order valence-corrected chi connectivity index (χ1v) is 11.7. The number of carbonyl (C=O) groups is 1. The van der Waals surface area contributed by atoms with Crippen LogP contribution in [0.25, 0.3) is 11.0 Å². The standard InChI is InChI=1S/C26H31N3O4/c1-5-11-19-23(25(30)33-8-4)24(17-14-15-21(31-6-2)22(16-17)32-7-3)29-20-13-10-9-12-18(20)27-26(29)28-19/h9-10,12-16,24H,5-8,11H2,1-4H3,(H,27,28)/t24-/m0/s1. The van der Waals surface area contributed by atoms with Crippen molar-refractivity contribution in [3.05, 3.63) is 59.3 Å². The van der Waals surface area contributed by atoms with Crippen LogP contribution in [-0.2, 0) is 9.53 Å². The quantitative estimate of drug-likeness (QED) is 0.437. The summed E-state index contributed by atoms with van der Waals surface area (Å²) in [5.74, 6) is 1.73. The molecule has 0 bridgehead atoms. The van der Waals surface area contributed by atoms with Gasteiger partial charge in [-0.05, 0) is 57.0 Å². The Morgan fingerprint density at radius 2 is 1.76 bits per heavy atom. The van der Waals surface area contributed by atoms with Gasteiger partial charge in [0.05, 0.1) is 42.5 Å². The fourth-order valence-electron chi connectivity index (χ4n) is 4.33. The summed E-state index contributed by atoms with van der Waals surface area (Å²) >= 11 is 0. The zero-order chi connectivity index (χ0) is 23.4. The molecule has 3 aromatic rings. The molecule has 0 saturated carbocycles. The second-order valence-electron chi connectivity index (χ2n) is 7.76. The smallest absolute Gasteiger partial charge is 0.338 e. The van der Waals surface area contributed by atoms with E-state index in [4.69, 9.17) is 19.2 Å². The van der Waals surface area contributed by atoms with Crippen molar-refractivity contribution in [2.75, 3.05) is 25.1 Å². The highest BCUT2D eigenvalue weighted by molar-refractivity contribution is 5.94. The molecule has 0 amide bonds. The van der Waals surface area contributed by atoms with Gasteiger partial charge in [0.15, 0.2) is 11.5 Å². The van der Waals surface area contributed by atoms with E-state index in [0.29, 0.717) is 49.3 Å². The van der Waals surface area contributed by atoms with Gasteiger partial charge in [-0.3, -0.25) is 4.57 Å². The van der Waals surface area contributed by atoms with Crippen LogP contribution in [0, 0.1) is 0 Å². The molecule has 0 radical (unpaired) electrons. The Balaban J connectivity index is 1.97. The Labute approximate surface area is 194 Å². The van der Waals surface area contributed by atoms with Gasteiger partial charge in [0.1, 0.15) is 0 Å². The van der Waals surface area contributed by atoms with Gasteiger partial charge < -0.3 is 19.5 Å². The molecule has 2 aromatic carbocycles. The normalized spacial score (nSPS) is 15.2. The number of esters is 1. The lowest BCUT2D eigenvalue weighted by atomic mass is 9.93. The van der Waals surface area contributed by atoms with E-state index < -0.39 is 6.04 Å². The summed E-state index contributed by atoms with van der Waals surface area (Å²) in [6, 6.07) is 13.4. The largest absolute Gasteiger partial charge is 0.490 e. The first-order chi connectivity index (χ1) is 16.1. The van der Waals surface area contributed by atoms with Crippen LogP contribution in [0.4, 0.5) is 5.95 Å². The third-order valence-corrected chi connectivity index (χ3v) is 5.59. The molecule has 0 unspecified atom stereocenters. The third kappa shape index (κ3) is 4.27. The maximum atomic E-state index is 13.3. The van der Waals surface area contributed by atoms with Crippen LogP contribution in [0.2, 0.25) is 0 Å². The topological polar surface area (TPSA) is 74.6 Å². The van der Waals surface area contributed by atoms with Crippen molar-refractivity contribution in [3.8, 4) is 11.5 Å². The summed E-state index contributed by atoms with van der Waals surface area (Å²) in [5.41, 5.74) is 4.15. The van der Waals surface area contributed by atoms with E-state index >= 15 is 0 Å². The summed E-state index contributed by atoms with van der Waals surface area (Å²) < 4.78 is 19.3. The van der Waals surface area contributed by atoms with Crippen LogP contribution < -0.4 is 14.8 Å². The Morgan fingerprint density at radius 3 is 2.48 bits per heavy atom. The number of aromatic nitrogens is 2. The van der Waals surface area contributed by atoms with Gasteiger partial charge in [-0.2, -0.15) is 0 Å². The van der Waals surface area contributed by atoms with Gasteiger partial charge in [-0.25, -0.2) is 9.78 Å². The molecule has 0 aliphatic carbocycles. The molecule has 0 fully saturated rings. The molecule has 1 aliphatic rings. The van der Waals surface area contributed by atoms with Crippen LogP contribution in [0.15, 0.2) is 53.7 Å². The number of imidazole rings is 1. The number of para-hydroxylation sites is 2. The van der Waals surface area contributed by atoms with Gasteiger partial charge >= 0.3 is 5.97 Å². The lowest BCUT2D eigenvalue weighted by molar-refractivity contribution is -0.139. The molecule has 1 atom stereocenters. The highest BCUT2D eigenvalue weighted by Crippen LogP contribution is 2.42. The van der Waals surface area contributed by atoms with Crippen molar-refractivity contribution >= 4 is 23.0 Å². The van der Waals surface area contributed by atoms with Gasteiger partial charge in [0, 0.05) is 5.70 Å². The first-order valence-electron chi connectivity index (χ1n) is 11.7. The van der Waals surface area contributed by atoms with E-state index in [1.807, 2.05) is 63.2 Å². The number of anilines is 1. The van der Waals surface area contributed by atoms with Crippen molar-refractivity contribution in [2.45, 2.75) is 46.6 Å². The Morgan fingerprint density at radius 1 is 1.00 bits per heavy atom. The monoisotopic (exact) mass is 449 g/mol. The van der Waals surface area contributed by atoms with Gasteiger partial charge in [0.2, 0.25) is 5.95 Å². The minimum Gasteiger partial charge on any atom is -0.490 e. The molecule has 33 heavy (non-hydrogen) atoms. The van der Waals surface area contributed by atoms with E-state index in [2.05, 4.69) is 16.8 Å². The maximum Gasteiger partial charge on any atom is 0.338 e. The summed E-state index contributed by atoms with van der Waals surface area (Å²) in [4.78, 5) is 18.1. The SMILES string of the molecule is CCCC1=C(C(=O)OCC)[C@H](c2ccc(OCC)c(OCC)c2)n2c(nc3ccccc32)N1. The average Bonchev–Trinajstić information content (AvgIpc) is 3.18. The number of nitrogens with one attached hydrogen (secondary N) is 1. The number of nitrogens with zero attached hydrogens (tertiary/aromatic N) is 2. The van der Waals surface area contributed by atoms with Gasteiger partial charge in [0.25, 0.3) is 0 Å². The van der Waals surface area contributed by atoms with E-state index in [1.54, 1.807) is 0 Å². The predicted molar refractivity (Wildman–Crippen MR) is 129 cm³/mol. The molecule has 1 aliphatic heterocycles. The lowest BCUT2D eigenvalue weighted by Crippen LogP contribution is -2.29. The first kappa shape index (κ1) is 22.7. The Kier molecular flexibility index (Phi) is 6.87. The van der Waals surface area contributed by atoms with E-state index in [9.17, 15) is 4.79 Å². The number of carbonyl (C=O) groups excluding carboxylic acids is 1. The van der Waals surface area contributed by atoms with Gasteiger partial charge in [-0.1, -0.05) is 31.5 Å². The molecule has 1 aromatic heterocycles. The van der Waals surface area contributed by atoms with Crippen LogP contribution in [0.5, 0.6) is 11.5 Å². The van der Waals surface area contributed by atoms with Crippen LogP contribution in [-0.4, -0.2) is 35.3 Å². The summed E-state index contributed by atoms with van der Waals surface area (Å²) in [5, 5.41) is 3.42. The molecule has 1 N–H and O–H groups in total. The molecule has 2 heterocycles. The second-order valence-corrected chi connectivity index (χ2v) is 7.76. The molecule has 7 heteroatoms. The minimum absolute atomic E-state index is 0.305. The molecule has 7 nitrogen and oxygen atoms in total. The summed E-state index contributed by atoms with van der Waals surface area (Å²) in [6.07, 6.45) is 1.59. The lowest BCUT2D eigenvalue weighted by Gasteiger charge is -2.31. The predicted octanol–water partition coefficient (Wildman–Crippen LogP) is 5.47. The number of allylic oxidation sites excluding steroid dienone is 1. The van der Waals surface area contributed by atoms with Crippen molar-refractivity contribution in [1.29, 1.82) is 0 Å². The van der Waals surface area contributed by atoms with Crippen LogP contribution in [0.3, 0.4) is 0 Å². The fraction of sp³-hybridized carbons (Fsp3) is 0.385. The zero-order valence-corrected chi connectivity index (χ0v) is 19.7. The summed E-state index contributed by atoms with van der Waals surface area (Å²) in [6.45, 7) is 9.16. The van der Waals surface area contributed by atoms with Crippen LogP contribution >= 0.6 is 0 Å². The van der Waals surface area contributed by atoms with Crippen molar-refractivity contribution in [3.63, 3.8) is 0 Å². The van der Waals surface area contributed by atoms with Crippen molar-refractivity contribution < 1.29 is 19.0 Å². The molecular weight excluding hydrogens is 418 g/mol. The van der Waals surface area contributed by atoms with Gasteiger partial charge in [-0.15, -0.1) is 0 Å². The number of ether oxygens (including phenoxy) is 3. The molecule has 0 saturated heterocycles. The van der Waals surface area contributed by atoms with Crippen molar-refractivity contribution in [2.24, 2.45) is 0 Å². The van der Waals surface area contributed by atoms with Crippen molar-refractivity contribution in [1.82, 2.24) is 9.55 Å². The maximum absolute atomic E-state index is 13.3. The number of hydrogen-bond acceptors (Lipinski definition) is 6. The Bertz CT molecular complexity index is 1180. The van der Waals surface area contributed by atoms with Crippen LogP contribution in [0.1, 0.15) is 52.1 Å². The van der Waals surface area contributed by atoms with E-state index in [-0.39, 0.29) is 5.97 Å². The molecule has 174 valence electrons. The highest BCUT2D eigenvalue weighted by atomic mass is 16.5. The molecule has 4 rings (SSSR count). The number of rotatable bonds is 9. The number of hydrogen-bond donors (Lipinski definition) is 1. The number of benzene rings is 2. The fourth-order valence-corrected chi connectivity index (χ4v) is 4.33. The minimum atomic E-state index is -0.413. The highest BCUT2D eigenvalue weighted by Gasteiger charge is 2.36. The zero-order valence-electron chi connectivity index (χ0n) is 19.7. The molecular formula is C26H31N3O4.